The standard InChI is InChI=1S/C23H31N9/c1-4-17-12-16(13-18(5-2)32(17)10-6-7-24)27-23-22-19(25-8-9-26-22)14-20(29-23)28-21-11-15(3)30-31-21/h8-9,11,14,16-18H,4-6,10,12-13H2,1-3H3,(H3,27,28,29,30,31). The Labute approximate surface area is 188 Å². The Morgan fingerprint density at radius 1 is 1.12 bits per heavy atom. The molecule has 3 aromatic rings. The summed E-state index contributed by atoms with van der Waals surface area (Å²) in [6, 6.07) is 7.32. The predicted molar refractivity (Wildman–Crippen MR) is 126 cm³/mol. The zero-order valence-electron chi connectivity index (χ0n) is 19.0. The Bertz CT molecular complexity index is 1070. The highest BCUT2D eigenvalue weighted by molar-refractivity contribution is 5.88. The van der Waals surface area contributed by atoms with Crippen molar-refractivity contribution < 1.29 is 0 Å². The van der Waals surface area contributed by atoms with Crippen molar-refractivity contribution in [2.45, 2.75) is 71.0 Å². The number of nitrogens with one attached hydrogen (secondary N) is 3. The van der Waals surface area contributed by atoms with Gasteiger partial charge in [0.1, 0.15) is 11.3 Å². The molecule has 0 bridgehead atoms. The summed E-state index contributed by atoms with van der Waals surface area (Å²) in [6.07, 6.45) is 8.13. The molecule has 4 rings (SSSR count). The smallest absolute Gasteiger partial charge is 0.156 e. The van der Waals surface area contributed by atoms with Gasteiger partial charge < -0.3 is 10.6 Å². The molecule has 0 radical (unpaired) electrons. The van der Waals surface area contributed by atoms with Crippen LogP contribution in [0.15, 0.2) is 24.5 Å². The van der Waals surface area contributed by atoms with E-state index in [2.05, 4.69) is 55.6 Å². The van der Waals surface area contributed by atoms with Gasteiger partial charge in [0.05, 0.1) is 11.6 Å². The van der Waals surface area contributed by atoms with Crippen LogP contribution in [-0.2, 0) is 0 Å². The van der Waals surface area contributed by atoms with Crippen LogP contribution in [0.5, 0.6) is 0 Å². The van der Waals surface area contributed by atoms with Crippen molar-refractivity contribution in [1.29, 1.82) is 5.26 Å². The van der Waals surface area contributed by atoms with Crippen molar-refractivity contribution in [2.24, 2.45) is 0 Å². The van der Waals surface area contributed by atoms with Gasteiger partial charge in [0.2, 0.25) is 0 Å². The molecular weight excluding hydrogens is 402 g/mol. The van der Waals surface area contributed by atoms with Crippen LogP contribution in [0.4, 0.5) is 17.5 Å². The van der Waals surface area contributed by atoms with Gasteiger partial charge in [0.25, 0.3) is 0 Å². The number of H-pyrrole nitrogens is 1. The summed E-state index contributed by atoms with van der Waals surface area (Å²) in [5.41, 5.74) is 2.53. The zero-order valence-corrected chi connectivity index (χ0v) is 19.0. The van der Waals surface area contributed by atoms with E-state index in [9.17, 15) is 0 Å². The molecule has 0 saturated carbocycles. The minimum atomic E-state index is 0.281. The third-order valence-corrected chi connectivity index (χ3v) is 6.23. The number of anilines is 3. The van der Waals surface area contributed by atoms with E-state index in [1.54, 1.807) is 12.4 Å². The average Bonchev–Trinajstić information content (AvgIpc) is 3.21. The molecule has 32 heavy (non-hydrogen) atoms. The minimum Gasteiger partial charge on any atom is -0.365 e. The Morgan fingerprint density at radius 3 is 2.53 bits per heavy atom. The Balaban J connectivity index is 1.59. The van der Waals surface area contributed by atoms with Crippen molar-refractivity contribution in [3.8, 4) is 6.07 Å². The molecule has 1 saturated heterocycles. The van der Waals surface area contributed by atoms with Crippen LogP contribution in [-0.4, -0.2) is 54.7 Å². The van der Waals surface area contributed by atoms with Gasteiger partial charge in [-0.05, 0) is 32.6 Å². The number of likely N-dealkylation sites (tertiary alicyclic amines) is 1. The van der Waals surface area contributed by atoms with Gasteiger partial charge in [-0.25, -0.2) is 9.97 Å². The van der Waals surface area contributed by atoms with Gasteiger partial charge in [-0.15, -0.1) is 0 Å². The van der Waals surface area contributed by atoms with Gasteiger partial charge in [-0.1, -0.05) is 13.8 Å². The Hall–Kier alpha value is -3.25. The summed E-state index contributed by atoms with van der Waals surface area (Å²) in [5.74, 6) is 2.13. The number of rotatable bonds is 8. The summed E-state index contributed by atoms with van der Waals surface area (Å²) in [4.78, 5) is 16.4. The molecule has 2 atom stereocenters. The highest BCUT2D eigenvalue weighted by atomic mass is 15.2. The van der Waals surface area contributed by atoms with E-state index in [1.165, 1.54) is 0 Å². The van der Waals surface area contributed by atoms with Crippen LogP contribution >= 0.6 is 0 Å². The Morgan fingerprint density at radius 2 is 1.88 bits per heavy atom. The molecular formula is C23H31N9. The molecule has 0 amide bonds. The van der Waals surface area contributed by atoms with Gasteiger partial charge in [-0.3, -0.25) is 15.0 Å². The van der Waals surface area contributed by atoms with Crippen molar-refractivity contribution in [3.05, 3.63) is 30.2 Å². The number of aromatic amines is 1. The third-order valence-electron chi connectivity index (χ3n) is 6.23. The lowest BCUT2D eigenvalue weighted by molar-refractivity contribution is 0.0735. The Kier molecular flexibility index (Phi) is 6.81. The summed E-state index contributed by atoms with van der Waals surface area (Å²) < 4.78 is 0. The van der Waals surface area contributed by atoms with E-state index in [0.29, 0.717) is 30.1 Å². The van der Waals surface area contributed by atoms with E-state index in [4.69, 9.17) is 10.2 Å². The number of fused-ring (bicyclic) bond motifs is 1. The van der Waals surface area contributed by atoms with E-state index in [1.807, 2.05) is 19.1 Å². The average molecular weight is 434 g/mol. The molecule has 0 spiro atoms. The number of nitriles is 1. The van der Waals surface area contributed by atoms with Gasteiger partial charge in [-0.2, -0.15) is 10.4 Å². The summed E-state index contributed by atoms with van der Waals surface area (Å²) in [5, 5.41) is 23.2. The topological polar surface area (TPSA) is 118 Å². The van der Waals surface area contributed by atoms with E-state index < -0.39 is 0 Å². The van der Waals surface area contributed by atoms with Crippen molar-refractivity contribution in [3.63, 3.8) is 0 Å². The van der Waals surface area contributed by atoms with Crippen molar-refractivity contribution in [1.82, 2.24) is 30.0 Å². The van der Waals surface area contributed by atoms with Crippen LogP contribution in [0.2, 0.25) is 0 Å². The molecule has 168 valence electrons. The number of aryl methyl sites for hydroxylation is 1. The number of pyridine rings is 1. The van der Waals surface area contributed by atoms with Crippen molar-refractivity contribution in [2.75, 3.05) is 17.2 Å². The summed E-state index contributed by atoms with van der Waals surface area (Å²) in [6.45, 7) is 7.26. The first-order valence-corrected chi connectivity index (χ1v) is 11.4. The number of hydrogen-bond donors (Lipinski definition) is 3. The molecule has 1 aliphatic rings. The minimum absolute atomic E-state index is 0.281. The van der Waals surface area contributed by atoms with Crippen LogP contribution in [0.3, 0.4) is 0 Å². The maximum absolute atomic E-state index is 9.07. The monoisotopic (exact) mass is 433 g/mol. The molecule has 0 aromatic carbocycles. The SMILES string of the molecule is CCC1CC(Nc2nc(Nc3cc(C)[nH]n3)cc3nccnc23)CC(CC)N1CCC#N. The second-order valence-corrected chi connectivity index (χ2v) is 8.42. The van der Waals surface area contributed by atoms with Gasteiger partial charge in [0.15, 0.2) is 11.6 Å². The summed E-state index contributed by atoms with van der Waals surface area (Å²) in [7, 11) is 0. The molecule has 3 N–H and O–H groups in total. The van der Waals surface area contributed by atoms with Gasteiger partial charge >= 0.3 is 0 Å². The predicted octanol–water partition coefficient (Wildman–Crippen LogP) is 4.15. The molecule has 9 heteroatoms. The molecule has 3 aromatic heterocycles. The van der Waals surface area contributed by atoms with Crippen LogP contribution in [0.25, 0.3) is 11.0 Å². The second kappa shape index (κ2) is 9.92. The first kappa shape index (κ1) is 22.0. The number of aromatic nitrogens is 5. The molecule has 4 heterocycles. The third kappa shape index (κ3) is 4.81. The number of hydrogen-bond acceptors (Lipinski definition) is 8. The van der Waals surface area contributed by atoms with Crippen LogP contribution in [0.1, 0.15) is 51.6 Å². The zero-order chi connectivity index (χ0) is 22.5. The van der Waals surface area contributed by atoms with Crippen LogP contribution in [0, 0.1) is 18.3 Å². The van der Waals surface area contributed by atoms with E-state index >= 15 is 0 Å². The maximum Gasteiger partial charge on any atom is 0.156 e. The fourth-order valence-corrected chi connectivity index (χ4v) is 4.73. The molecule has 0 aliphatic carbocycles. The fourth-order valence-electron chi connectivity index (χ4n) is 4.73. The van der Waals surface area contributed by atoms with E-state index in [0.717, 1.165) is 54.8 Å². The fraction of sp³-hybridized carbons (Fsp3) is 0.522. The first-order valence-electron chi connectivity index (χ1n) is 11.4. The molecule has 1 aliphatic heterocycles. The van der Waals surface area contributed by atoms with Gasteiger partial charge in [0, 0.05) is 61.3 Å². The van der Waals surface area contributed by atoms with Crippen LogP contribution < -0.4 is 10.6 Å². The lowest BCUT2D eigenvalue weighted by atomic mass is 9.88. The largest absolute Gasteiger partial charge is 0.365 e. The lowest BCUT2D eigenvalue weighted by Crippen LogP contribution is -2.52. The highest BCUT2D eigenvalue weighted by Crippen LogP contribution is 2.31. The molecule has 2 unspecified atom stereocenters. The number of piperidine rings is 1. The lowest BCUT2D eigenvalue weighted by Gasteiger charge is -2.45. The van der Waals surface area contributed by atoms with E-state index in [-0.39, 0.29) is 6.04 Å². The summed E-state index contributed by atoms with van der Waals surface area (Å²) >= 11 is 0. The highest BCUT2D eigenvalue weighted by Gasteiger charge is 2.34. The first-order chi connectivity index (χ1) is 15.6. The normalized spacial score (nSPS) is 21.4. The number of nitrogens with zero attached hydrogens (tertiary/aromatic N) is 6. The van der Waals surface area contributed by atoms with Crippen molar-refractivity contribution >= 4 is 28.5 Å². The second-order valence-electron chi connectivity index (χ2n) is 8.42. The molecule has 1 fully saturated rings. The quantitative estimate of drug-likeness (QED) is 0.485. The molecule has 9 nitrogen and oxygen atoms in total. The maximum atomic E-state index is 9.07.